The smallest absolute Gasteiger partial charge is 0.349 e. The Morgan fingerprint density at radius 2 is 1.84 bits per heavy atom. The van der Waals surface area contributed by atoms with Crippen LogP contribution in [0.4, 0.5) is 5.69 Å². The molecule has 38 heavy (non-hydrogen) atoms. The zero-order valence-corrected chi connectivity index (χ0v) is 22.3. The van der Waals surface area contributed by atoms with Crippen molar-refractivity contribution in [1.29, 1.82) is 0 Å². The second-order valence-corrected chi connectivity index (χ2v) is 9.06. The highest BCUT2D eigenvalue weighted by Crippen LogP contribution is 2.28. The van der Waals surface area contributed by atoms with E-state index in [4.69, 9.17) is 20.0 Å². The van der Waals surface area contributed by atoms with Gasteiger partial charge in [0.1, 0.15) is 30.1 Å². The molecule has 3 rings (SSSR count). The molecule has 0 spiro atoms. The van der Waals surface area contributed by atoms with E-state index in [0.717, 1.165) is 37.1 Å². The fraction of sp³-hybridized carbons (Fsp3) is 0.464. The molecule has 1 unspecified atom stereocenters. The van der Waals surface area contributed by atoms with Crippen molar-refractivity contribution in [3.63, 3.8) is 0 Å². The fourth-order valence-corrected chi connectivity index (χ4v) is 4.20. The van der Waals surface area contributed by atoms with Gasteiger partial charge in [0.15, 0.2) is 0 Å². The molecule has 4 N–H and O–H groups in total. The highest BCUT2D eigenvalue weighted by molar-refractivity contribution is 5.91. The molecule has 0 aliphatic carbocycles. The molecular weight excluding hydrogens is 488 g/mol. The maximum Gasteiger partial charge on any atom is 0.349 e. The number of hydrogen-bond donors (Lipinski definition) is 3. The second-order valence-electron chi connectivity index (χ2n) is 9.06. The first kappa shape index (κ1) is 28.9. The number of carbonyl (C=O) groups is 3. The number of nitrogens with zero attached hydrogens (tertiary/aromatic N) is 1. The lowest BCUT2D eigenvalue weighted by atomic mass is 9.90. The summed E-state index contributed by atoms with van der Waals surface area (Å²) in [6, 6.07) is 10.5. The fourth-order valence-electron chi connectivity index (χ4n) is 4.20. The molecule has 1 aliphatic rings. The van der Waals surface area contributed by atoms with Crippen LogP contribution < -0.4 is 21.3 Å². The van der Waals surface area contributed by atoms with E-state index in [1.54, 1.807) is 18.2 Å². The lowest BCUT2D eigenvalue weighted by molar-refractivity contribution is -0.143. The Labute approximate surface area is 223 Å². The van der Waals surface area contributed by atoms with Crippen LogP contribution in [-0.4, -0.2) is 61.6 Å². The molecule has 2 aromatic carbocycles. The van der Waals surface area contributed by atoms with Gasteiger partial charge in [-0.05, 0) is 55.3 Å². The Kier molecular flexibility index (Phi) is 10.9. The minimum Gasteiger partial charge on any atom is -0.491 e. The Hall–Kier alpha value is -3.63. The molecule has 0 saturated heterocycles. The lowest BCUT2D eigenvalue weighted by Gasteiger charge is -2.30. The van der Waals surface area contributed by atoms with Crippen LogP contribution in [0.1, 0.15) is 61.1 Å². The van der Waals surface area contributed by atoms with E-state index in [1.165, 1.54) is 0 Å². The Bertz CT molecular complexity index is 1100. The van der Waals surface area contributed by atoms with E-state index in [9.17, 15) is 14.4 Å². The predicted octanol–water partition coefficient (Wildman–Crippen LogP) is 2.98. The van der Waals surface area contributed by atoms with Gasteiger partial charge in [-0.1, -0.05) is 51.5 Å². The van der Waals surface area contributed by atoms with Gasteiger partial charge in [-0.15, -0.1) is 0 Å². The summed E-state index contributed by atoms with van der Waals surface area (Å²) in [6.45, 7) is 9.30. The molecule has 0 radical (unpaired) electrons. The van der Waals surface area contributed by atoms with Crippen LogP contribution in [0, 0.1) is 0 Å². The second kappa shape index (κ2) is 14.3. The Morgan fingerprint density at radius 1 is 1.08 bits per heavy atom. The van der Waals surface area contributed by atoms with Crippen LogP contribution in [0.3, 0.4) is 0 Å². The number of primary amides is 1. The predicted molar refractivity (Wildman–Crippen MR) is 144 cm³/mol. The first-order chi connectivity index (χ1) is 18.4. The number of likely N-dealkylation sites (N-methyl/N-ethyl adjacent to an activating group) is 1. The van der Waals surface area contributed by atoms with E-state index in [0.29, 0.717) is 36.6 Å². The number of ether oxygens (including phenoxy) is 2. The monoisotopic (exact) mass is 526 g/mol. The largest absolute Gasteiger partial charge is 0.491 e. The van der Waals surface area contributed by atoms with Crippen LogP contribution in [0.25, 0.3) is 0 Å². The third-order valence-electron chi connectivity index (χ3n) is 6.50. The zero-order chi connectivity index (χ0) is 27.5. The number of anilines is 1. The lowest BCUT2D eigenvalue weighted by Crippen LogP contribution is -2.49. The van der Waals surface area contributed by atoms with Gasteiger partial charge in [0.25, 0.3) is 0 Å². The Balaban J connectivity index is 1.67. The highest BCUT2D eigenvalue weighted by Gasteiger charge is 2.34. The van der Waals surface area contributed by atoms with E-state index in [2.05, 4.69) is 29.5 Å². The molecule has 1 aliphatic heterocycles. The van der Waals surface area contributed by atoms with Crippen molar-refractivity contribution in [2.75, 3.05) is 38.3 Å². The number of fused-ring (bicyclic) bond motifs is 1. The molecule has 10 heteroatoms. The van der Waals surface area contributed by atoms with Crippen molar-refractivity contribution >= 4 is 23.5 Å². The number of benzene rings is 2. The van der Waals surface area contributed by atoms with Crippen molar-refractivity contribution in [3.8, 4) is 5.75 Å². The van der Waals surface area contributed by atoms with Crippen LogP contribution in [0.15, 0.2) is 42.5 Å². The topological polar surface area (TPSA) is 132 Å². The van der Waals surface area contributed by atoms with Gasteiger partial charge in [0, 0.05) is 6.54 Å². The van der Waals surface area contributed by atoms with Crippen LogP contribution in [0.2, 0.25) is 0 Å². The summed E-state index contributed by atoms with van der Waals surface area (Å²) in [4.78, 5) is 45.0. The normalized spacial score (nSPS) is 16.4. The molecule has 2 aromatic rings. The van der Waals surface area contributed by atoms with Crippen molar-refractivity contribution in [1.82, 2.24) is 10.2 Å². The molecule has 10 nitrogen and oxygen atoms in total. The molecule has 0 bridgehead atoms. The summed E-state index contributed by atoms with van der Waals surface area (Å²) in [5.41, 5.74) is 10.5. The van der Waals surface area contributed by atoms with E-state index < -0.39 is 29.9 Å². The molecule has 206 valence electrons. The molecule has 0 saturated carbocycles. The average molecular weight is 527 g/mol. The molecule has 1 amide bonds. The first-order valence-electron chi connectivity index (χ1n) is 13.1. The average Bonchev–Trinajstić information content (AvgIpc) is 2.93. The number of nitrogens with two attached hydrogens (primary N) is 1. The maximum absolute atomic E-state index is 12.9. The summed E-state index contributed by atoms with van der Waals surface area (Å²) in [6.07, 6.45) is 2.09. The summed E-state index contributed by atoms with van der Waals surface area (Å²) >= 11 is 0. The minimum absolute atomic E-state index is 0.286. The van der Waals surface area contributed by atoms with Gasteiger partial charge in [-0.3, -0.25) is 10.1 Å². The SMILES string of the molecule is CCCCOc1cc(C(=O)OCCN(CC)CC)ccc1NOC(=O)[C@@H]1Cc2ccccc2C(C(N)=O)N1. The summed E-state index contributed by atoms with van der Waals surface area (Å²) in [7, 11) is 0. The van der Waals surface area contributed by atoms with Crippen LogP contribution >= 0.6 is 0 Å². The van der Waals surface area contributed by atoms with Crippen molar-refractivity contribution in [3.05, 3.63) is 59.2 Å². The Morgan fingerprint density at radius 3 is 2.55 bits per heavy atom. The molecular formula is C28H38N4O6. The van der Waals surface area contributed by atoms with E-state index in [1.807, 2.05) is 31.2 Å². The number of carbonyl (C=O) groups excluding carboxylic acids is 3. The third kappa shape index (κ3) is 7.69. The van der Waals surface area contributed by atoms with Gasteiger partial charge in [-0.25, -0.2) is 15.1 Å². The molecule has 1 heterocycles. The van der Waals surface area contributed by atoms with Gasteiger partial charge in [0.05, 0.1) is 12.2 Å². The van der Waals surface area contributed by atoms with Gasteiger partial charge < -0.3 is 24.9 Å². The van der Waals surface area contributed by atoms with Gasteiger partial charge >= 0.3 is 11.9 Å². The number of rotatable bonds is 14. The summed E-state index contributed by atoms with van der Waals surface area (Å²) < 4.78 is 11.3. The van der Waals surface area contributed by atoms with Crippen molar-refractivity contribution < 1.29 is 28.7 Å². The zero-order valence-electron chi connectivity index (χ0n) is 22.3. The highest BCUT2D eigenvalue weighted by atomic mass is 16.7. The maximum atomic E-state index is 12.9. The minimum atomic E-state index is -0.794. The summed E-state index contributed by atoms with van der Waals surface area (Å²) in [5.74, 6) is -1.27. The quantitative estimate of drug-likeness (QED) is 0.193. The van der Waals surface area contributed by atoms with Crippen LogP contribution in [-0.2, 0) is 25.6 Å². The third-order valence-corrected chi connectivity index (χ3v) is 6.50. The van der Waals surface area contributed by atoms with Crippen molar-refractivity contribution in [2.24, 2.45) is 5.73 Å². The standard InChI is InChI=1S/C28H38N4O6/c1-4-7-15-36-24-18-20(27(34)37-16-14-32(5-2)6-3)12-13-22(24)31-38-28(35)23-17-19-10-8-9-11-21(19)25(30-23)26(29)33/h8-13,18,23,25,30-31H,4-7,14-17H2,1-3H3,(H2,29,33)/t23-,25?/m0/s1. The number of esters is 1. The number of nitrogens with one attached hydrogen (secondary N) is 2. The number of unbranched alkanes of at least 4 members (excludes halogenated alkanes) is 1. The van der Waals surface area contributed by atoms with E-state index >= 15 is 0 Å². The van der Waals surface area contributed by atoms with Crippen molar-refractivity contribution in [2.45, 2.75) is 52.1 Å². The molecule has 0 aromatic heterocycles. The number of amides is 1. The summed E-state index contributed by atoms with van der Waals surface area (Å²) in [5, 5.41) is 2.98. The van der Waals surface area contributed by atoms with E-state index in [-0.39, 0.29) is 6.61 Å². The van der Waals surface area contributed by atoms with Gasteiger partial charge in [-0.2, -0.15) is 0 Å². The molecule has 2 atom stereocenters. The first-order valence-corrected chi connectivity index (χ1v) is 13.1. The number of hydrogen-bond acceptors (Lipinski definition) is 9. The molecule has 0 fully saturated rings. The van der Waals surface area contributed by atoms with Gasteiger partial charge in [0.2, 0.25) is 5.91 Å². The van der Waals surface area contributed by atoms with Crippen LogP contribution in [0.5, 0.6) is 5.75 Å².